The van der Waals surface area contributed by atoms with Gasteiger partial charge in [0.1, 0.15) is 0 Å². The summed E-state index contributed by atoms with van der Waals surface area (Å²) in [7, 11) is -3.73. The SMILES string of the molecule is Cc1ccc(S(=O)(=O)NC2CCCCCCCCCCC2=NOC(=O)Cc2ccccc2)cc1. The largest absolute Gasteiger partial charge is 0.339 e. The Kier molecular flexibility index (Phi) is 10.3. The lowest BCUT2D eigenvalue weighted by molar-refractivity contribution is -0.142. The zero-order chi connectivity index (χ0) is 24.2. The van der Waals surface area contributed by atoms with Crippen LogP contribution in [-0.4, -0.2) is 26.1 Å². The molecule has 0 saturated heterocycles. The zero-order valence-corrected chi connectivity index (χ0v) is 20.9. The van der Waals surface area contributed by atoms with E-state index in [1.165, 1.54) is 12.8 Å². The maximum absolute atomic E-state index is 13.1. The maximum Gasteiger partial charge on any atom is 0.339 e. The molecular formula is C27H36N2O4S. The van der Waals surface area contributed by atoms with Gasteiger partial charge >= 0.3 is 5.97 Å². The molecule has 0 aromatic heterocycles. The summed E-state index contributed by atoms with van der Waals surface area (Å²) in [5.74, 6) is -0.454. The Labute approximate surface area is 203 Å². The van der Waals surface area contributed by atoms with Crippen molar-refractivity contribution in [3.8, 4) is 0 Å². The first kappa shape index (κ1) is 26.1. The minimum Gasteiger partial charge on any atom is -0.318 e. The minimum absolute atomic E-state index is 0.122. The van der Waals surface area contributed by atoms with E-state index in [1.807, 2.05) is 37.3 Å². The van der Waals surface area contributed by atoms with Crippen LogP contribution in [0.3, 0.4) is 0 Å². The number of hydrogen-bond donors (Lipinski definition) is 1. The topological polar surface area (TPSA) is 84.8 Å². The van der Waals surface area contributed by atoms with Gasteiger partial charge in [0, 0.05) is 0 Å². The molecule has 0 radical (unpaired) electrons. The molecule has 1 atom stereocenters. The van der Waals surface area contributed by atoms with E-state index in [-0.39, 0.29) is 11.3 Å². The molecule has 6 nitrogen and oxygen atoms in total. The molecule has 0 heterocycles. The molecule has 1 saturated carbocycles. The molecule has 3 rings (SSSR count). The van der Waals surface area contributed by atoms with Gasteiger partial charge in [0.2, 0.25) is 10.0 Å². The first-order valence-corrected chi connectivity index (χ1v) is 13.8. The molecule has 1 unspecified atom stereocenters. The van der Waals surface area contributed by atoms with Crippen molar-refractivity contribution in [2.75, 3.05) is 0 Å². The van der Waals surface area contributed by atoms with E-state index in [0.29, 0.717) is 18.6 Å². The van der Waals surface area contributed by atoms with Crippen LogP contribution in [0.1, 0.15) is 75.3 Å². The van der Waals surface area contributed by atoms with Crippen LogP contribution >= 0.6 is 0 Å². The molecule has 7 heteroatoms. The van der Waals surface area contributed by atoms with E-state index in [1.54, 1.807) is 24.3 Å². The first-order valence-electron chi connectivity index (χ1n) is 12.3. The Morgan fingerprint density at radius 1 is 0.912 bits per heavy atom. The van der Waals surface area contributed by atoms with E-state index in [2.05, 4.69) is 9.88 Å². The predicted octanol–water partition coefficient (Wildman–Crippen LogP) is 5.70. The highest BCUT2D eigenvalue weighted by atomic mass is 32.2. The van der Waals surface area contributed by atoms with Crippen LogP contribution in [0.4, 0.5) is 0 Å². The maximum atomic E-state index is 13.1. The average Bonchev–Trinajstić information content (AvgIpc) is 2.81. The summed E-state index contributed by atoms with van der Waals surface area (Å²) < 4.78 is 29.1. The summed E-state index contributed by atoms with van der Waals surface area (Å²) in [5, 5.41) is 4.22. The summed E-state index contributed by atoms with van der Waals surface area (Å²) in [6.45, 7) is 1.92. The lowest BCUT2D eigenvalue weighted by atomic mass is 9.97. The van der Waals surface area contributed by atoms with Crippen LogP contribution in [0.2, 0.25) is 0 Å². The van der Waals surface area contributed by atoms with Crippen LogP contribution in [-0.2, 0) is 26.1 Å². The van der Waals surface area contributed by atoms with Gasteiger partial charge in [-0.2, -0.15) is 0 Å². The molecule has 0 aliphatic heterocycles. The molecule has 2 aromatic rings. The second-order valence-corrected chi connectivity index (χ2v) is 10.8. The van der Waals surface area contributed by atoms with Crippen molar-refractivity contribution < 1.29 is 18.0 Å². The van der Waals surface area contributed by atoms with Crippen LogP contribution in [0, 0.1) is 6.92 Å². The molecule has 1 aliphatic carbocycles. The Bertz CT molecular complexity index is 1030. The third-order valence-corrected chi connectivity index (χ3v) is 7.65. The Balaban J connectivity index is 1.78. The van der Waals surface area contributed by atoms with E-state index < -0.39 is 22.0 Å². The number of nitrogens with one attached hydrogen (secondary N) is 1. The summed E-state index contributed by atoms with van der Waals surface area (Å²) >= 11 is 0. The Morgan fingerprint density at radius 2 is 1.53 bits per heavy atom. The molecule has 34 heavy (non-hydrogen) atoms. The standard InChI is InChI=1S/C27H36N2O4S/c1-22-17-19-24(20-18-22)34(31,32)29-26-16-12-7-5-3-2-4-6-11-15-25(26)28-33-27(30)21-23-13-9-8-10-14-23/h8-10,13-14,17-20,26,29H,2-7,11-12,15-16,21H2,1H3. The predicted molar refractivity (Wildman–Crippen MR) is 135 cm³/mol. The van der Waals surface area contributed by atoms with Crippen molar-refractivity contribution in [1.29, 1.82) is 0 Å². The summed E-state index contributed by atoms with van der Waals surface area (Å²) in [5.41, 5.74) is 2.44. The van der Waals surface area contributed by atoms with Crippen LogP contribution in [0.5, 0.6) is 0 Å². The van der Waals surface area contributed by atoms with Gasteiger partial charge < -0.3 is 4.84 Å². The van der Waals surface area contributed by atoms with Crippen LogP contribution in [0.15, 0.2) is 64.6 Å². The molecule has 0 amide bonds. The highest BCUT2D eigenvalue weighted by molar-refractivity contribution is 7.89. The molecule has 184 valence electrons. The van der Waals surface area contributed by atoms with E-state index in [4.69, 9.17) is 4.84 Å². The highest BCUT2D eigenvalue weighted by Crippen LogP contribution is 2.19. The first-order chi connectivity index (χ1) is 16.4. The van der Waals surface area contributed by atoms with Gasteiger partial charge in [0.15, 0.2) is 0 Å². The van der Waals surface area contributed by atoms with Gasteiger partial charge in [-0.25, -0.2) is 17.9 Å². The average molecular weight is 485 g/mol. The number of nitrogens with zero attached hydrogens (tertiary/aromatic N) is 1. The number of sulfonamides is 1. The smallest absolute Gasteiger partial charge is 0.318 e. The molecule has 2 aromatic carbocycles. The summed E-state index contributed by atoms with van der Waals surface area (Å²) in [4.78, 5) is 17.9. The highest BCUT2D eigenvalue weighted by Gasteiger charge is 2.25. The fraction of sp³-hybridized carbons (Fsp3) is 0.481. The number of aryl methyl sites for hydroxylation is 1. The number of carbonyl (C=O) groups excluding carboxylic acids is 1. The lowest BCUT2D eigenvalue weighted by Gasteiger charge is -2.21. The number of oxime groups is 1. The van der Waals surface area contributed by atoms with Gasteiger partial charge in [0.25, 0.3) is 0 Å². The van der Waals surface area contributed by atoms with Crippen molar-refractivity contribution in [3.05, 3.63) is 65.7 Å². The molecule has 0 bridgehead atoms. The fourth-order valence-electron chi connectivity index (χ4n) is 4.17. The monoisotopic (exact) mass is 484 g/mol. The number of carbonyl (C=O) groups is 1. The second kappa shape index (κ2) is 13.4. The molecule has 1 aliphatic rings. The van der Waals surface area contributed by atoms with Gasteiger partial charge in [-0.3, -0.25) is 0 Å². The quantitative estimate of drug-likeness (QED) is 0.421. The third kappa shape index (κ3) is 8.69. The van der Waals surface area contributed by atoms with E-state index >= 15 is 0 Å². The van der Waals surface area contributed by atoms with E-state index in [9.17, 15) is 13.2 Å². The summed E-state index contributed by atoms with van der Waals surface area (Å²) in [6, 6.07) is 15.7. The van der Waals surface area contributed by atoms with Gasteiger partial charge in [0.05, 0.1) is 23.1 Å². The van der Waals surface area contributed by atoms with Gasteiger partial charge in [-0.15, -0.1) is 0 Å². The second-order valence-electron chi connectivity index (χ2n) is 9.06. The fourth-order valence-corrected chi connectivity index (χ4v) is 5.43. The van der Waals surface area contributed by atoms with Crippen LogP contribution < -0.4 is 4.72 Å². The van der Waals surface area contributed by atoms with Crippen molar-refractivity contribution in [2.24, 2.45) is 5.16 Å². The van der Waals surface area contributed by atoms with Crippen molar-refractivity contribution >= 4 is 21.7 Å². The van der Waals surface area contributed by atoms with Crippen molar-refractivity contribution in [1.82, 2.24) is 4.72 Å². The minimum atomic E-state index is -3.73. The number of benzene rings is 2. The Morgan fingerprint density at radius 3 is 2.21 bits per heavy atom. The number of rotatable bonds is 6. The molecule has 0 spiro atoms. The number of hydrogen-bond acceptors (Lipinski definition) is 5. The van der Waals surface area contributed by atoms with Crippen molar-refractivity contribution in [2.45, 2.75) is 88.5 Å². The van der Waals surface area contributed by atoms with Crippen molar-refractivity contribution in [3.63, 3.8) is 0 Å². The van der Waals surface area contributed by atoms with E-state index in [0.717, 1.165) is 49.7 Å². The van der Waals surface area contributed by atoms with Crippen LogP contribution in [0.25, 0.3) is 0 Å². The third-order valence-electron chi connectivity index (χ3n) is 6.16. The van der Waals surface area contributed by atoms with Gasteiger partial charge in [-0.1, -0.05) is 98.1 Å². The van der Waals surface area contributed by atoms with Gasteiger partial charge in [-0.05, 0) is 43.9 Å². The molecule has 1 N–H and O–H groups in total. The lowest BCUT2D eigenvalue weighted by Crippen LogP contribution is -2.41. The summed E-state index contributed by atoms with van der Waals surface area (Å²) in [6.07, 6.45) is 9.96. The molecule has 1 fully saturated rings. The Hall–Kier alpha value is -2.51. The normalized spacial score (nSPS) is 19.7. The molecular weight excluding hydrogens is 448 g/mol. The zero-order valence-electron chi connectivity index (χ0n) is 20.0.